The highest BCUT2D eigenvalue weighted by atomic mass is 16.2. The number of amides is 2. The fourth-order valence-corrected chi connectivity index (χ4v) is 2.16. The molecule has 0 aliphatic rings. The van der Waals surface area contributed by atoms with Gasteiger partial charge < -0.3 is 15.1 Å². The van der Waals surface area contributed by atoms with Crippen molar-refractivity contribution >= 4 is 6.03 Å². The molecule has 1 aromatic rings. The van der Waals surface area contributed by atoms with Gasteiger partial charge in [0.2, 0.25) is 0 Å². The van der Waals surface area contributed by atoms with Crippen LogP contribution in [0.5, 0.6) is 0 Å². The van der Waals surface area contributed by atoms with E-state index in [2.05, 4.69) is 17.1 Å². The zero-order chi connectivity index (χ0) is 14.3. The molecule has 0 saturated heterocycles. The summed E-state index contributed by atoms with van der Waals surface area (Å²) < 4.78 is 0. The maximum absolute atomic E-state index is 12.2. The number of likely N-dealkylation sites (N-methyl/N-ethyl adjacent to an activating group) is 2. The fourth-order valence-electron chi connectivity index (χ4n) is 2.16. The van der Waals surface area contributed by atoms with Gasteiger partial charge in [0.15, 0.2) is 0 Å². The number of rotatable bonds is 6. The van der Waals surface area contributed by atoms with E-state index in [1.54, 1.807) is 0 Å². The number of nitrogens with one attached hydrogen (secondary N) is 1. The Labute approximate surface area is 116 Å². The third-order valence-electron chi connectivity index (χ3n) is 3.05. The zero-order valence-electron chi connectivity index (χ0n) is 12.4. The van der Waals surface area contributed by atoms with Gasteiger partial charge in [-0.15, -0.1) is 0 Å². The fraction of sp³-hybridized carbons (Fsp3) is 0.533. The molecular formula is C15H25N3O. The Morgan fingerprint density at radius 2 is 1.89 bits per heavy atom. The Morgan fingerprint density at radius 3 is 2.42 bits per heavy atom. The van der Waals surface area contributed by atoms with Crippen molar-refractivity contribution < 1.29 is 4.79 Å². The molecule has 1 N–H and O–H groups in total. The molecule has 2 amide bonds. The van der Waals surface area contributed by atoms with Crippen LogP contribution in [0.1, 0.15) is 19.4 Å². The van der Waals surface area contributed by atoms with Gasteiger partial charge >= 0.3 is 6.03 Å². The third-order valence-corrected chi connectivity index (χ3v) is 3.05. The number of hydrogen-bond acceptors (Lipinski definition) is 2. The minimum absolute atomic E-state index is 0.000651. The molecule has 19 heavy (non-hydrogen) atoms. The Morgan fingerprint density at radius 1 is 1.26 bits per heavy atom. The number of nitrogens with zero attached hydrogens (tertiary/aromatic N) is 2. The summed E-state index contributed by atoms with van der Waals surface area (Å²) in [7, 11) is 4.04. The van der Waals surface area contributed by atoms with Crippen molar-refractivity contribution in [2.45, 2.75) is 26.4 Å². The van der Waals surface area contributed by atoms with Crippen LogP contribution in [0, 0.1) is 0 Å². The van der Waals surface area contributed by atoms with Crippen molar-refractivity contribution in [1.82, 2.24) is 15.1 Å². The monoisotopic (exact) mass is 263 g/mol. The largest absolute Gasteiger partial charge is 0.334 e. The molecule has 1 rings (SSSR count). The lowest BCUT2D eigenvalue weighted by Crippen LogP contribution is -2.48. The molecule has 1 atom stereocenters. The molecule has 0 aliphatic heterocycles. The lowest BCUT2D eigenvalue weighted by atomic mass is 10.2. The summed E-state index contributed by atoms with van der Waals surface area (Å²) in [5.41, 5.74) is 1.12. The van der Waals surface area contributed by atoms with Crippen molar-refractivity contribution in [3.63, 3.8) is 0 Å². The van der Waals surface area contributed by atoms with Gasteiger partial charge in [-0.1, -0.05) is 30.3 Å². The van der Waals surface area contributed by atoms with E-state index >= 15 is 0 Å². The first-order chi connectivity index (χ1) is 9.04. The molecular weight excluding hydrogens is 238 g/mol. The lowest BCUT2D eigenvalue weighted by molar-refractivity contribution is 0.168. The maximum atomic E-state index is 12.2. The van der Waals surface area contributed by atoms with Gasteiger partial charge in [-0.2, -0.15) is 0 Å². The van der Waals surface area contributed by atoms with Crippen LogP contribution in [0.3, 0.4) is 0 Å². The van der Waals surface area contributed by atoms with Crippen LogP contribution in [0.2, 0.25) is 0 Å². The second-order valence-electron chi connectivity index (χ2n) is 5.04. The molecule has 0 saturated carbocycles. The molecule has 0 radical (unpaired) electrons. The van der Waals surface area contributed by atoms with Crippen molar-refractivity contribution in [3.05, 3.63) is 35.9 Å². The highest BCUT2D eigenvalue weighted by Gasteiger charge is 2.18. The standard InChI is InChI=1S/C15H25N3O/c1-5-18(13(2)12-17(3)4)15(19)16-11-14-9-7-6-8-10-14/h6-10,13H,5,11-12H2,1-4H3,(H,16,19). The van der Waals surface area contributed by atoms with E-state index in [9.17, 15) is 4.79 Å². The smallest absolute Gasteiger partial charge is 0.317 e. The van der Waals surface area contributed by atoms with Crippen LogP contribution >= 0.6 is 0 Å². The molecule has 1 unspecified atom stereocenters. The predicted molar refractivity (Wildman–Crippen MR) is 79.1 cm³/mol. The van der Waals surface area contributed by atoms with Crippen LogP contribution in [0.4, 0.5) is 4.79 Å². The van der Waals surface area contributed by atoms with E-state index in [-0.39, 0.29) is 12.1 Å². The molecule has 106 valence electrons. The van der Waals surface area contributed by atoms with Crippen LogP contribution in [-0.4, -0.2) is 49.1 Å². The SMILES string of the molecule is CCN(C(=O)NCc1ccccc1)C(C)CN(C)C. The second kappa shape index (κ2) is 7.79. The third kappa shape index (κ3) is 5.30. The highest BCUT2D eigenvalue weighted by molar-refractivity contribution is 5.74. The molecule has 0 aliphatic carbocycles. The van der Waals surface area contributed by atoms with E-state index in [0.29, 0.717) is 6.54 Å². The number of benzene rings is 1. The van der Waals surface area contributed by atoms with Gasteiger partial charge in [-0.25, -0.2) is 4.79 Å². The first-order valence-corrected chi connectivity index (χ1v) is 6.77. The van der Waals surface area contributed by atoms with Gasteiger partial charge in [-0.05, 0) is 33.5 Å². The van der Waals surface area contributed by atoms with Crippen LogP contribution in [-0.2, 0) is 6.54 Å². The average Bonchev–Trinajstić information content (AvgIpc) is 2.37. The van der Waals surface area contributed by atoms with E-state index in [1.165, 1.54) is 0 Å². The van der Waals surface area contributed by atoms with Crippen molar-refractivity contribution in [3.8, 4) is 0 Å². The lowest BCUT2D eigenvalue weighted by Gasteiger charge is -2.30. The van der Waals surface area contributed by atoms with Gasteiger partial charge in [0.25, 0.3) is 0 Å². The number of urea groups is 1. The van der Waals surface area contributed by atoms with E-state index in [0.717, 1.165) is 18.7 Å². The molecule has 4 heteroatoms. The summed E-state index contributed by atoms with van der Waals surface area (Å²) in [4.78, 5) is 16.1. The Bertz CT molecular complexity index is 378. The quantitative estimate of drug-likeness (QED) is 0.854. The minimum atomic E-state index is 0.000651. The Balaban J connectivity index is 2.50. The maximum Gasteiger partial charge on any atom is 0.317 e. The topological polar surface area (TPSA) is 35.6 Å². The van der Waals surface area contributed by atoms with Crippen LogP contribution < -0.4 is 5.32 Å². The first kappa shape index (κ1) is 15.5. The summed E-state index contributed by atoms with van der Waals surface area (Å²) in [6.07, 6.45) is 0. The Hall–Kier alpha value is -1.55. The number of hydrogen-bond donors (Lipinski definition) is 1. The molecule has 0 heterocycles. The predicted octanol–water partition coefficient (Wildman–Crippen LogP) is 2.17. The molecule has 0 aromatic heterocycles. The summed E-state index contributed by atoms with van der Waals surface area (Å²) in [5, 5.41) is 2.97. The zero-order valence-corrected chi connectivity index (χ0v) is 12.4. The summed E-state index contributed by atoms with van der Waals surface area (Å²) in [5.74, 6) is 0. The molecule has 4 nitrogen and oxygen atoms in total. The summed E-state index contributed by atoms with van der Waals surface area (Å²) in [6.45, 7) is 6.24. The van der Waals surface area contributed by atoms with Gasteiger partial charge in [-0.3, -0.25) is 0 Å². The molecule has 0 fully saturated rings. The van der Waals surface area contributed by atoms with Gasteiger partial charge in [0.05, 0.1) is 0 Å². The van der Waals surface area contributed by atoms with Crippen molar-refractivity contribution in [1.29, 1.82) is 0 Å². The second-order valence-corrected chi connectivity index (χ2v) is 5.04. The normalized spacial score (nSPS) is 12.3. The number of carbonyl (C=O) groups is 1. The van der Waals surface area contributed by atoms with E-state index < -0.39 is 0 Å². The molecule has 0 bridgehead atoms. The molecule has 0 spiro atoms. The van der Waals surface area contributed by atoms with Crippen LogP contribution in [0.25, 0.3) is 0 Å². The minimum Gasteiger partial charge on any atom is -0.334 e. The number of carbonyl (C=O) groups excluding carboxylic acids is 1. The highest BCUT2D eigenvalue weighted by Crippen LogP contribution is 2.03. The average molecular weight is 263 g/mol. The van der Waals surface area contributed by atoms with Gasteiger partial charge in [0.1, 0.15) is 0 Å². The van der Waals surface area contributed by atoms with E-state index in [1.807, 2.05) is 56.3 Å². The Kier molecular flexibility index (Phi) is 6.36. The van der Waals surface area contributed by atoms with Gasteiger partial charge in [0, 0.05) is 25.7 Å². The first-order valence-electron chi connectivity index (χ1n) is 6.77. The summed E-state index contributed by atoms with van der Waals surface area (Å²) >= 11 is 0. The summed E-state index contributed by atoms with van der Waals surface area (Å²) in [6, 6.07) is 10.2. The molecule has 1 aromatic carbocycles. The van der Waals surface area contributed by atoms with Crippen molar-refractivity contribution in [2.24, 2.45) is 0 Å². The van der Waals surface area contributed by atoms with Crippen molar-refractivity contribution in [2.75, 3.05) is 27.2 Å². The van der Waals surface area contributed by atoms with Crippen LogP contribution in [0.15, 0.2) is 30.3 Å². The van der Waals surface area contributed by atoms with E-state index in [4.69, 9.17) is 0 Å².